The van der Waals surface area contributed by atoms with Crippen molar-refractivity contribution in [3.8, 4) is 0 Å². The minimum absolute atomic E-state index is 0.190. The highest BCUT2D eigenvalue weighted by atomic mass is 16.5. The maximum Gasteiger partial charge on any atom is 0.326 e. The first-order valence-electron chi connectivity index (χ1n) is 8.80. The maximum absolute atomic E-state index is 13.1. The molecule has 2 atom stereocenters. The number of aliphatic hydroxyl groups is 1. The van der Waals surface area contributed by atoms with Crippen molar-refractivity contribution in [2.24, 2.45) is 5.92 Å². The fourth-order valence-corrected chi connectivity index (χ4v) is 3.41. The molecule has 1 amide bonds. The Hall–Kier alpha value is -2.99. The van der Waals surface area contributed by atoms with Crippen LogP contribution in [0.3, 0.4) is 0 Å². The fraction of sp³-hybridized carbons (Fsp3) is 0.286. The van der Waals surface area contributed by atoms with Gasteiger partial charge in [0.05, 0.1) is 18.2 Å². The van der Waals surface area contributed by atoms with Gasteiger partial charge in [-0.25, -0.2) is 0 Å². The summed E-state index contributed by atoms with van der Waals surface area (Å²) in [4.78, 5) is 39.1. The van der Waals surface area contributed by atoms with Gasteiger partial charge in [0.25, 0.3) is 5.91 Å². The number of para-hydroxylation sites is 1. The van der Waals surface area contributed by atoms with Crippen LogP contribution in [-0.2, 0) is 19.9 Å². The highest BCUT2D eigenvalue weighted by Gasteiger charge is 2.55. The first-order chi connectivity index (χ1) is 12.9. The second-order valence-corrected chi connectivity index (χ2v) is 6.43. The highest BCUT2D eigenvalue weighted by Crippen LogP contribution is 2.45. The Morgan fingerprint density at radius 1 is 1.11 bits per heavy atom. The topological polar surface area (TPSA) is 83.9 Å². The number of carbonyl (C=O) groups excluding carboxylic acids is 3. The van der Waals surface area contributed by atoms with Gasteiger partial charge in [-0.05, 0) is 13.0 Å². The predicted molar refractivity (Wildman–Crippen MR) is 99.3 cm³/mol. The number of ketones is 1. The Kier molecular flexibility index (Phi) is 5.10. The van der Waals surface area contributed by atoms with Crippen LogP contribution >= 0.6 is 0 Å². The lowest BCUT2D eigenvalue weighted by atomic mass is 9.79. The Morgan fingerprint density at radius 3 is 2.41 bits per heavy atom. The highest BCUT2D eigenvalue weighted by molar-refractivity contribution is 6.13. The van der Waals surface area contributed by atoms with Crippen molar-refractivity contribution >= 4 is 23.3 Å². The SMILES string of the molecule is CCOC(=O)CN1C(=O)[C@@](O)([C@@H](C)C(=O)c2ccccc2)c2ccccc21. The van der Waals surface area contributed by atoms with Crippen LogP contribution in [0, 0.1) is 5.92 Å². The minimum Gasteiger partial charge on any atom is -0.465 e. The van der Waals surface area contributed by atoms with E-state index in [0.29, 0.717) is 16.8 Å². The zero-order chi connectivity index (χ0) is 19.6. The van der Waals surface area contributed by atoms with E-state index in [4.69, 9.17) is 4.74 Å². The van der Waals surface area contributed by atoms with Gasteiger partial charge in [0, 0.05) is 11.1 Å². The van der Waals surface area contributed by atoms with Crippen LogP contribution in [0.2, 0.25) is 0 Å². The summed E-state index contributed by atoms with van der Waals surface area (Å²) in [6, 6.07) is 15.2. The van der Waals surface area contributed by atoms with Crippen molar-refractivity contribution in [1.82, 2.24) is 0 Å². The first kappa shape index (κ1) is 18.8. The van der Waals surface area contributed by atoms with Gasteiger partial charge in [-0.2, -0.15) is 0 Å². The molecule has 27 heavy (non-hydrogen) atoms. The molecular weight excluding hydrogens is 346 g/mol. The number of rotatable bonds is 6. The third kappa shape index (κ3) is 3.13. The number of ether oxygens (including phenoxy) is 1. The summed E-state index contributed by atoms with van der Waals surface area (Å²) in [6.07, 6.45) is 0. The molecule has 0 bridgehead atoms. The van der Waals surface area contributed by atoms with Crippen LogP contribution in [-0.4, -0.2) is 35.9 Å². The number of nitrogens with zero attached hydrogens (tertiary/aromatic N) is 1. The molecule has 0 spiro atoms. The standard InChI is InChI=1S/C21H21NO5/c1-3-27-18(23)13-22-17-12-8-7-11-16(17)21(26,20(22)25)14(2)19(24)15-9-5-4-6-10-15/h4-12,14,26H,3,13H2,1-2H3/t14-,21+/m0/s1. The Morgan fingerprint density at radius 2 is 1.74 bits per heavy atom. The molecule has 0 aliphatic carbocycles. The van der Waals surface area contributed by atoms with Gasteiger partial charge in [-0.15, -0.1) is 0 Å². The lowest BCUT2D eigenvalue weighted by molar-refractivity contribution is -0.145. The third-order valence-corrected chi connectivity index (χ3v) is 4.85. The number of fused-ring (bicyclic) bond motifs is 1. The number of anilines is 1. The summed E-state index contributed by atoms with van der Waals surface area (Å²) < 4.78 is 4.93. The van der Waals surface area contributed by atoms with Crippen LogP contribution in [0.25, 0.3) is 0 Å². The third-order valence-electron chi connectivity index (χ3n) is 4.85. The van der Waals surface area contributed by atoms with E-state index >= 15 is 0 Å². The van der Waals surface area contributed by atoms with Gasteiger partial charge >= 0.3 is 5.97 Å². The van der Waals surface area contributed by atoms with E-state index in [0.717, 1.165) is 0 Å². The summed E-state index contributed by atoms with van der Waals surface area (Å²) >= 11 is 0. The Bertz CT molecular complexity index is 879. The molecule has 2 aromatic carbocycles. The summed E-state index contributed by atoms with van der Waals surface area (Å²) in [5, 5.41) is 11.4. The molecule has 2 aromatic rings. The smallest absolute Gasteiger partial charge is 0.326 e. The molecule has 0 saturated carbocycles. The van der Waals surface area contributed by atoms with Crippen LogP contribution in [0.1, 0.15) is 29.8 Å². The average Bonchev–Trinajstić information content (AvgIpc) is 2.91. The van der Waals surface area contributed by atoms with Crippen molar-refractivity contribution in [1.29, 1.82) is 0 Å². The van der Waals surface area contributed by atoms with Crippen LogP contribution in [0.4, 0.5) is 5.69 Å². The van der Waals surface area contributed by atoms with Crippen LogP contribution in [0.5, 0.6) is 0 Å². The number of carbonyl (C=O) groups is 3. The lowest BCUT2D eigenvalue weighted by Crippen LogP contribution is -2.48. The van der Waals surface area contributed by atoms with Gasteiger partial charge in [-0.3, -0.25) is 19.3 Å². The molecular formula is C21H21NO5. The second-order valence-electron chi connectivity index (χ2n) is 6.43. The van der Waals surface area contributed by atoms with E-state index < -0.39 is 23.4 Å². The zero-order valence-corrected chi connectivity index (χ0v) is 15.2. The van der Waals surface area contributed by atoms with Crippen molar-refractivity contribution in [3.63, 3.8) is 0 Å². The monoisotopic (exact) mass is 367 g/mol. The normalized spacial score (nSPS) is 19.5. The second kappa shape index (κ2) is 7.32. The van der Waals surface area contributed by atoms with Crippen molar-refractivity contribution < 1.29 is 24.2 Å². The van der Waals surface area contributed by atoms with Crippen LogP contribution < -0.4 is 4.90 Å². The molecule has 140 valence electrons. The molecule has 0 radical (unpaired) electrons. The summed E-state index contributed by atoms with van der Waals surface area (Å²) in [7, 11) is 0. The molecule has 1 aliphatic heterocycles. The largest absolute Gasteiger partial charge is 0.465 e. The number of hydrogen-bond acceptors (Lipinski definition) is 5. The van der Waals surface area contributed by atoms with E-state index in [1.807, 2.05) is 0 Å². The van der Waals surface area contributed by atoms with Crippen LogP contribution in [0.15, 0.2) is 54.6 Å². The molecule has 0 aromatic heterocycles. The lowest BCUT2D eigenvalue weighted by Gasteiger charge is -2.28. The molecule has 6 nitrogen and oxygen atoms in total. The van der Waals surface area contributed by atoms with E-state index in [2.05, 4.69) is 0 Å². The first-order valence-corrected chi connectivity index (χ1v) is 8.80. The molecule has 1 aliphatic rings. The molecule has 0 fully saturated rings. The fourth-order valence-electron chi connectivity index (χ4n) is 3.41. The average molecular weight is 367 g/mol. The number of amides is 1. The number of benzene rings is 2. The maximum atomic E-state index is 13.1. The van der Waals surface area contributed by atoms with E-state index in [9.17, 15) is 19.5 Å². The summed E-state index contributed by atoms with van der Waals surface area (Å²) in [5.41, 5.74) is -0.912. The Labute approximate surface area is 157 Å². The van der Waals surface area contributed by atoms with E-state index in [1.54, 1.807) is 61.5 Å². The molecule has 0 saturated heterocycles. The van der Waals surface area contributed by atoms with E-state index in [-0.39, 0.29) is 18.9 Å². The van der Waals surface area contributed by atoms with Gasteiger partial charge in [0.15, 0.2) is 11.4 Å². The minimum atomic E-state index is -2.05. The number of Topliss-reactive ketones (excluding diaryl/α,β-unsaturated/α-hetero) is 1. The molecule has 1 heterocycles. The van der Waals surface area contributed by atoms with Gasteiger partial charge in [-0.1, -0.05) is 55.5 Å². The zero-order valence-electron chi connectivity index (χ0n) is 15.2. The molecule has 1 N–H and O–H groups in total. The Balaban J connectivity index is 2.00. The molecule has 3 rings (SSSR count). The molecule has 0 unspecified atom stereocenters. The number of esters is 1. The quantitative estimate of drug-likeness (QED) is 0.626. The van der Waals surface area contributed by atoms with Gasteiger partial charge in [0.2, 0.25) is 0 Å². The summed E-state index contributed by atoms with van der Waals surface area (Å²) in [6.45, 7) is 3.07. The molecule has 6 heteroatoms. The van der Waals surface area contributed by atoms with Crippen molar-refractivity contribution in [2.75, 3.05) is 18.1 Å². The van der Waals surface area contributed by atoms with Crippen molar-refractivity contribution in [2.45, 2.75) is 19.4 Å². The summed E-state index contributed by atoms with van der Waals surface area (Å²) in [5.74, 6) is -2.65. The van der Waals surface area contributed by atoms with Gasteiger partial charge in [0.1, 0.15) is 6.54 Å². The van der Waals surface area contributed by atoms with Gasteiger partial charge < -0.3 is 9.84 Å². The van der Waals surface area contributed by atoms with E-state index in [1.165, 1.54) is 11.8 Å². The predicted octanol–water partition coefficient (Wildman–Crippen LogP) is 2.30. The van der Waals surface area contributed by atoms with Crippen molar-refractivity contribution in [3.05, 3.63) is 65.7 Å². The number of hydrogen-bond donors (Lipinski definition) is 1.